The number of hydrogen-bond acceptors (Lipinski definition) is 6. The zero-order valence-corrected chi connectivity index (χ0v) is 22.3. The average Bonchev–Trinajstić information content (AvgIpc) is 3.63. The highest BCUT2D eigenvalue weighted by molar-refractivity contribution is 7.88. The van der Waals surface area contributed by atoms with Gasteiger partial charge in [-0.2, -0.15) is 21.6 Å². The summed E-state index contributed by atoms with van der Waals surface area (Å²) < 4.78 is 76.2. The maximum absolute atomic E-state index is 12.5. The standard InChI is InChI=1S/C26H24Cl2F3NO5S/c27-21-2-1-3-22(28)23(21)24-20(25(36-32-24)17-4-5-17)14-35-18-10-6-15(7-11-18)16-8-12-19(13-9-16)37-38(33,34)26(29,30)31/h1-3,8-9,12-13,15,17-18H,4-7,10-11,14H2/t15-,18-. The number of hydrogen-bond donors (Lipinski definition) is 0. The Labute approximate surface area is 228 Å². The Hall–Kier alpha value is -2.27. The molecule has 2 aromatic carbocycles. The summed E-state index contributed by atoms with van der Waals surface area (Å²) in [4.78, 5) is 0. The van der Waals surface area contributed by atoms with E-state index >= 15 is 0 Å². The van der Waals surface area contributed by atoms with Crippen molar-refractivity contribution in [3.05, 3.63) is 69.4 Å². The Balaban J connectivity index is 1.21. The minimum absolute atomic E-state index is 0.0160. The van der Waals surface area contributed by atoms with Crippen molar-refractivity contribution in [3.8, 4) is 17.0 Å². The first-order valence-corrected chi connectivity index (χ1v) is 14.3. The van der Waals surface area contributed by atoms with Gasteiger partial charge in [-0.05, 0) is 74.3 Å². The molecule has 38 heavy (non-hydrogen) atoms. The molecular formula is C26H24Cl2F3NO5S. The van der Waals surface area contributed by atoms with Crippen molar-refractivity contribution >= 4 is 33.3 Å². The summed E-state index contributed by atoms with van der Waals surface area (Å²) in [5.74, 6) is 0.945. The summed E-state index contributed by atoms with van der Waals surface area (Å²) in [7, 11) is -5.69. The van der Waals surface area contributed by atoms with Gasteiger partial charge in [0.15, 0.2) is 0 Å². The summed E-state index contributed by atoms with van der Waals surface area (Å²) in [5.41, 5.74) is -2.47. The lowest BCUT2D eigenvalue weighted by Gasteiger charge is -2.29. The van der Waals surface area contributed by atoms with E-state index in [1.807, 2.05) is 0 Å². The predicted molar refractivity (Wildman–Crippen MR) is 136 cm³/mol. The first-order chi connectivity index (χ1) is 18.0. The van der Waals surface area contributed by atoms with Crippen LogP contribution in [0.4, 0.5) is 13.2 Å². The molecule has 0 spiro atoms. The molecule has 6 nitrogen and oxygen atoms in total. The monoisotopic (exact) mass is 589 g/mol. The van der Waals surface area contributed by atoms with Gasteiger partial charge in [-0.3, -0.25) is 0 Å². The van der Waals surface area contributed by atoms with Crippen LogP contribution in [-0.4, -0.2) is 25.2 Å². The van der Waals surface area contributed by atoms with Crippen molar-refractivity contribution in [3.63, 3.8) is 0 Å². The van der Waals surface area contributed by atoms with E-state index in [0.717, 1.165) is 55.4 Å². The minimum atomic E-state index is -5.69. The van der Waals surface area contributed by atoms with Crippen LogP contribution in [0, 0.1) is 0 Å². The maximum atomic E-state index is 12.5. The van der Waals surface area contributed by atoms with Crippen molar-refractivity contribution in [1.82, 2.24) is 5.16 Å². The van der Waals surface area contributed by atoms with E-state index in [4.69, 9.17) is 32.5 Å². The first-order valence-electron chi connectivity index (χ1n) is 12.2. The highest BCUT2D eigenvalue weighted by atomic mass is 35.5. The molecule has 0 saturated heterocycles. The Morgan fingerprint density at radius 3 is 2.11 bits per heavy atom. The summed E-state index contributed by atoms with van der Waals surface area (Å²) in [6, 6.07) is 11.0. The van der Waals surface area contributed by atoms with Crippen LogP contribution >= 0.6 is 23.2 Å². The van der Waals surface area contributed by atoms with Crippen molar-refractivity contribution in [1.29, 1.82) is 0 Å². The Kier molecular flexibility index (Phi) is 7.70. The van der Waals surface area contributed by atoms with E-state index in [9.17, 15) is 21.6 Å². The van der Waals surface area contributed by atoms with Crippen LogP contribution in [0.5, 0.6) is 5.75 Å². The molecule has 2 saturated carbocycles. The van der Waals surface area contributed by atoms with Gasteiger partial charge < -0.3 is 13.4 Å². The van der Waals surface area contributed by atoms with Crippen LogP contribution in [0.2, 0.25) is 10.0 Å². The molecule has 0 amide bonds. The van der Waals surface area contributed by atoms with Gasteiger partial charge in [0.25, 0.3) is 0 Å². The maximum Gasteiger partial charge on any atom is 0.534 e. The van der Waals surface area contributed by atoms with Crippen LogP contribution < -0.4 is 4.18 Å². The SMILES string of the molecule is O=S(=O)(Oc1ccc([C@H]2CC[C@H](OCc3c(-c4c(Cl)cccc4Cl)noc3C3CC3)CC2)cc1)C(F)(F)F. The van der Waals surface area contributed by atoms with Crippen molar-refractivity contribution in [2.45, 2.75) is 68.6 Å². The molecular weight excluding hydrogens is 566 g/mol. The molecule has 0 bridgehead atoms. The van der Waals surface area contributed by atoms with E-state index in [1.54, 1.807) is 30.3 Å². The smallest absolute Gasteiger partial charge is 0.376 e. The number of aromatic nitrogens is 1. The Bertz CT molecular complexity index is 1380. The number of alkyl halides is 3. The fourth-order valence-electron chi connectivity index (χ4n) is 4.78. The van der Waals surface area contributed by atoms with E-state index in [2.05, 4.69) is 9.34 Å². The molecule has 5 rings (SSSR count). The lowest BCUT2D eigenvalue weighted by Crippen LogP contribution is -2.28. The number of benzene rings is 2. The van der Waals surface area contributed by atoms with Gasteiger partial charge in [0.05, 0.1) is 22.8 Å². The molecule has 0 radical (unpaired) electrons. The summed E-state index contributed by atoms with van der Waals surface area (Å²) in [6.07, 6.45) is 5.29. The molecule has 0 atom stereocenters. The lowest BCUT2D eigenvalue weighted by molar-refractivity contribution is -0.0500. The Morgan fingerprint density at radius 2 is 1.53 bits per heavy atom. The lowest BCUT2D eigenvalue weighted by atomic mass is 9.83. The van der Waals surface area contributed by atoms with Crippen LogP contribution in [0.3, 0.4) is 0 Å². The third-order valence-corrected chi connectivity index (χ3v) is 8.55. The number of halogens is 5. The van der Waals surface area contributed by atoms with Crippen LogP contribution in [0.1, 0.15) is 67.2 Å². The third kappa shape index (κ3) is 5.83. The van der Waals surface area contributed by atoms with Gasteiger partial charge in [-0.1, -0.05) is 46.6 Å². The number of nitrogens with zero attached hydrogens (tertiary/aromatic N) is 1. The fourth-order valence-corrected chi connectivity index (χ4v) is 5.82. The molecule has 3 aromatic rings. The van der Waals surface area contributed by atoms with Crippen molar-refractivity contribution in [2.75, 3.05) is 0 Å². The highest BCUT2D eigenvalue weighted by Crippen LogP contribution is 2.46. The molecule has 0 unspecified atom stereocenters. The number of ether oxygens (including phenoxy) is 1. The molecule has 2 aliphatic rings. The normalized spacial score (nSPS) is 20.4. The molecule has 2 fully saturated rings. The molecule has 0 N–H and O–H groups in total. The van der Waals surface area contributed by atoms with Crippen LogP contribution in [0.25, 0.3) is 11.3 Å². The topological polar surface area (TPSA) is 78.6 Å². The van der Waals surface area contributed by atoms with Gasteiger partial charge in [0, 0.05) is 17.0 Å². The predicted octanol–water partition coefficient (Wildman–Crippen LogP) is 8.00. The second-order valence-electron chi connectivity index (χ2n) is 9.58. The van der Waals surface area contributed by atoms with E-state index in [1.165, 1.54) is 12.1 Å². The minimum Gasteiger partial charge on any atom is -0.376 e. The van der Waals surface area contributed by atoms with E-state index in [-0.39, 0.29) is 17.8 Å². The third-order valence-electron chi connectivity index (χ3n) is 6.94. The summed E-state index contributed by atoms with van der Waals surface area (Å²) in [6.45, 7) is 0.321. The molecule has 2 aliphatic carbocycles. The highest BCUT2D eigenvalue weighted by Gasteiger charge is 2.48. The Morgan fingerprint density at radius 1 is 0.921 bits per heavy atom. The van der Waals surface area contributed by atoms with Crippen LogP contribution in [-0.2, 0) is 21.5 Å². The van der Waals surface area contributed by atoms with Gasteiger partial charge >= 0.3 is 15.6 Å². The van der Waals surface area contributed by atoms with Gasteiger partial charge in [-0.15, -0.1) is 0 Å². The molecule has 0 aliphatic heterocycles. The van der Waals surface area contributed by atoms with E-state index < -0.39 is 15.6 Å². The zero-order chi connectivity index (χ0) is 27.1. The average molecular weight is 590 g/mol. The number of rotatable bonds is 8. The molecule has 1 heterocycles. The molecule has 1 aromatic heterocycles. The van der Waals surface area contributed by atoms with Crippen molar-refractivity contribution in [2.24, 2.45) is 0 Å². The summed E-state index contributed by atoms with van der Waals surface area (Å²) in [5, 5.41) is 5.27. The van der Waals surface area contributed by atoms with Gasteiger partial charge in [0.1, 0.15) is 17.2 Å². The summed E-state index contributed by atoms with van der Waals surface area (Å²) >= 11 is 12.9. The second-order valence-corrected chi connectivity index (χ2v) is 11.9. The van der Waals surface area contributed by atoms with E-state index in [0.29, 0.717) is 33.8 Å². The largest absolute Gasteiger partial charge is 0.534 e. The fraction of sp³-hybridized carbons (Fsp3) is 0.423. The second kappa shape index (κ2) is 10.7. The zero-order valence-electron chi connectivity index (χ0n) is 20.0. The molecule has 204 valence electrons. The first kappa shape index (κ1) is 27.3. The van der Waals surface area contributed by atoms with Crippen molar-refractivity contribution < 1.29 is 35.0 Å². The quantitative estimate of drug-likeness (QED) is 0.196. The molecule has 12 heteroatoms. The van der Waals surface area contributed by atoms with Crippen LogP contribution in [0.15, 0.2) is 47.0 Å². The van der Waals surface area contributed by atoms with Gasteiger partial charge in [-0.25, -0.2) is 0 Å². The van der Waals surface area contributed by atoms with Gasteiger partial charge in [0.2, 0.25) is 0 Å².